The van der Waals surface area contributed by atoms with Crippen LogP contribution in [0.4, 0.5) is 39.5 Å². The molecule has 0 bridgehead atoms. The van der Waals surface area contributed by atoms with Gasteiger partial charge in [0.1, 0.15) is 0 Å². The SMILES string of the molecule is CC1(F)SC(F)(F)C(F)(F)C(F)(F)C1(F)F. The first kappa shape index (κ1) is 13.8. The van der Waals surface area contributed by atoms with E-state index >= 15 is 0 Å². The molecule has 1 saturated heterocycles. The molecular weight excluding hydrogens is 275 g/mol. The van der Waals surface area contributed by atoms with Gasteiger partial charge in [0.2, 0.25) is 5.00 Å². The molecular formula is C6H3F9S. The fourth-order valence-corrected chi connectivity index (χ4v) is 2.02. The molecule has 1 heterocycles. The summed E-state index contributed by atoms with van der Waals surface area (Å²) in [6.45, 7) is -0.297. The molecule has 10 heteroatoms. The summed E-state index contributed by atoms with van der Waals surface area (Å²) < 4.78 is 113. The van der Waals surface area contributed by atoms with Crippen LogP contribution in [0.3, 0.4) is 0 Å². The smallest absolute Gasteiger partial charge is 0.225 e. The Bertz CT molecular complexity index is 279. The Morgan fingerprint density at radius 2 is 1.00 bits per heavy atom. The summed E-state index contributed by atoms with van der Waals surface area (Å²) in [5, 5.41) is -10.1. The van der Waals surface area contributed by atoms with Gasteiger partial charge < -0.3 is 0 Å². The van der Waals surface area contributed by atoms with E-state index in [2.05, 4.69) is 0 Å². The average molecular weight is 278 g/mol. The number of hydrogen-bond acceptors (Lipinski definition) is 1. The quantitative estimate of drug-likeness (QED) is 0.605. The largest absolute Gasteiger partial charge is 0.388 e. The minimum atomic E-state index is -6.47. The third kappa shape index (κ3) is 1.28. The molecule has 0 aliphatic carbocycles. The normalized spacial score (nSPS) is 39.4. The second-order valence-corrected chi connectivity index (χ2v) is 4.74. The Kier molecular flexibility index (Phi) is 2.53. The number of halogens is 9. The summed E-state index contributed by atoms with van der Waals surface area (Å²) in [5.74, 6) is -18.7. The van der Waals surface area contributed by atoms with Crippen LogP contribution in [-0.4, -0.2) is 28.0 Å². The molecule has 0 saturated carbocycles. The molecule has 0 nitrogen and oxygen atoms in total. The Morgan fingerprint density at radius 3 is 1.38 bits per heavy atom. The van der Waals surface area contributed by atoms with Crippen molar-refractivity contribution in [2.75, 3.05) is 0 Å². The number of rotatable bonds is 0. The lowest BCUT2D eigenvalue weighted by Crippen LogP contribution is -2.71. The highest BCUT2D eigenvalue weighted by molar-refractivity contribution is 8.01. The van der Waals surface area contributed by atoms with Crippen molar-refractivity contribution in [1.29, 1.82) is 0 Å². The van der Waals surface area contributed by atoms with Gasteiger partial charge in [0.25, 0.3) is 0 Å². The van der Waals surface area contributed by atoms with E-state index in [1.54, 1.807) is 0 Å². The van der Waals surface area contributed by atoms with E-state index in [-0.39, 0.29) is 6.92 Å². The third-order valence-corrected chi connectivity index (χ3v) is 3.19. The predicted octanol–water partition coefficient (Wildman–Crippen LogP) is 3.92. The molecule has 0 aromatic heterocycles. The predicted molar refractivity (Wildman–Crippen MR) is 36.9 cm³/mol. The van der Waals surface area contributed by atoms with Crippen molar-refractivity contribution in [3.63, 3.8) is 0 Å². The minimum Gasteiger partial charge on any atom is -0.225 e. The fraction of sp³-hybridized carbons (Fsp3) is 1.00. The number of hydrogen-bond donors (Lipinski definition) is 0. The highest BCUT2D eigenvalue weighted by atomic mass is 32.2. The minimum absolute atomic E-state index is 0.297. The maximum atomic E-state index is 12.9. The van der Waals surface area contributed by atoms with Crippen LogP contribution in [-0.2, 0) is 0 Å². The first-order chi connectivity index (χ1) is 6.71. The summed E-state index contributed by atoms with van der Waals surface area (Å²) >= 11 is -1.82. The molecule has 1 unspecified atom stereocenters. The lowest BCUT2D eigenvalue weighted by Gasteiger charge is -2.46. The Morgan fingerprint density at radius 1 is 0.625 bits per heavy atom. The highest BCUT2D eigenvalue weighted by Gasteiger charge is 2.90. The molecule has 0 radical (unpaired) electrons. The van der Waals surface area contributed by atoms with Gasteiger partial charge in [-0.15, -0.1) is 0 Å². The van der Waals surface area contributed by atoms with Gasteiger partial charge in [-0.1, -0.05) is 0 Å². The van der Waals surface area contributed by atoms with E-state index < -0.39 is 39.8 Å². The lowest BCUT2D eigenvalue weighted by atomic mass is 10.00. The Hall–Kier alpha value is -0.280. The van der Waals surface area contributed by atoms with Crippen LogP contribution < -0.4 is 0 Å². The molecule has 0 N–H and O–H groups in total. The second-order valence-electron chi connectivity index (χ2n) is 3.26. The molecule has 0 aromatic rings. The molecule has 1 atom stereocenters. The van der Waals surface area contributed by atoms with E-state index in [1.807, 2.05) is 0 Å². The maximum absolute atomic E-state index is 12.9. The van der Waals surface area contributed by atoms with Crippen LogP contribution in [0.25, 0.3) is 0 Å². The van der Waals surface area contributed by atoms with E-state index in [0.717, 1.165) is 0 Å². The van der Waals surface area contributed by atoms with Gasteiger partial charge in [-0.3, -0.25) is 0 Å². The van der Waals surface area contributed by atoms with Gasteiger partial charge in [-0.2, -0.15) is 35.1 Å². The van der Waals surface area contributed by atoms with Crippen molar-refractivity contribution in [3.05, 3.63) is 0 Å². The van der Waals surface area contributed by atoms with Gasteiger partial charge in [-0.05, 0) is 18.7 Å². The van der Waals surface area contributed by atoms with Crippen LogP contribution in [0.5, 0.6) is 0 Å². The first-order valence-corrected chi connectivity index (χ1v) is 4.43. The Balaban J connectivity index is 3.43. The van der Waals surface area contributed by atoms with Crippen LogP contribution >= 0.6 is 11.8 Å². The van der Waals surface area contributed by atoms with Crippen molar-refractivity contribution in [1.82, 2.24) is 0 Å². The molecule has 1 aliphatic heterocycles. The van der Waals surface area contributed by atoms with E-state index in [0.29, 0.717) is 0 Å². The first-order valence-electron chi connectivity index (χ1n) is 3.61. The van der Waals surface area contributed by atoms with Crippen LogP contribution in [0.1, 0.15) is 6.92 Å². The van der Waals surface area contributed by atoms with Crippen LogP contribution in [0.15, 0.2) is 0 Å². The summed E-state index contributed by atoms with van der Waals surface area (Å²) in [6, 6.07) is 0. The van der Waals surface area contributed by atoms with E-state index in [1.165, 1.54) is 0 Å². The van der Waals surface area contributed by atoms with Gasteiger partial charge in [0.05, 0.1) is 0 Å². The molecule has 16 heavy (non-hydrogen) atoms. The molecule has 96 valence electrons. The number of alkyl halides is 9. The standard InChI is InChI=1S/C6H3F9S/c1-2(7)3(8,9)4(10,11)5(12,13)6(14,15)16-2/h1H3. The van der Waals surface area contributed by atoms with E-state index in [9.17, 15) is 39.5 Å². The van der Waals surface area contributed by atoms with Gasteiger partial charge >= 0.3 is 23.0 Å². The van der Waals surface area contributed by atoms with Gasteiger partial charge in [0.15, 0.2) is 0 Å². The maximum Gasteiger partial charge on any atom is 0.388 e. The molecule has 1 rings (SSSR count). The van der Waals surface area contributed by atoms with E-state index in [4.69, 9.17) is 0 Å². The molecule has 0 aromatic carbocycles. The van der Waals surface area contributed by atoms with Gasteiger partial charge in [-0.25, -0.2) is 4.39 Å². The summed E-state index contributed by atoms with van der Waals surface area (Å²) in [6.07, 6.45) is 0. The van der Waals surface area contributed by atoms with Crippen molar-refractivity contribution >= 4 is 11.8 Å². The average Bonchev–Trinajstić information content (AvgIpc) is 1.98. The summed E-state index contributed by atoms with van der Waals surface area (Å²) in [7, 11) is 0. The van der Waals surface area contributed by atoms with Crippen molar-refractivity contribution in [3.8, 4) is 0 Å². The Labute approximate surface area is 87.2 Å². The zero-order valence-corrected chi connectivity index (χ0v) is 8.13. The monoisotopic (exact) mass is 278 g/mol. The lowest BCUT2D eigenvalue weighted by molar-refractivity contribution is -0.370. The summed E-state index contributed by atoms with van der Waals surface area (Å²) in [5.41, 5.74) is 0. The van der Waals surface area contributed by atoms with Crippen molar-refractivity contribution in [2.45, 2.75) is 34.9 Å². The second kappa shape index (κ2) is 2.94. The zero-order chi connectivity index (χ0) is 13.2. The molecule has 0 spiro atoms. The van der Waals surface area contributed by atoms with Crippen molar-refractivity contribution in [2.24, 2.45) is 0 Å². The molecule has 1 aliphatic rings. The van der Waals surface area contributed by atoms with Crippen molar-refractivity contribution < 1.29 is 39.5 Å². The highest BCUT2D eigenvalue weighted by Crippen LogP contribution is 2.68. The molecule has 1 fully saturated rings. The van der Waals surface area contributed by atoms with Crippen LogP contribution in [0, 0.1) is 0 Å². The molecule has 0 amide bonds. The number of thioether (sulfide) groups is 1. The zero-order valence-electron chi connectivity index (χ0n) is 7.31. The van der Waals surface area contributed by atoms with Crippen LogP contribution in [0.2, 0.25) is 0 Å². The fourth-order valence-electron chi connectivity index (χ4n) is 1.03. The third-order valence-electron chi connectivity index (χ3n) is 2.03. The topological polar surface area (TPSA) is 0 Å². The van der Waals surface area contributed by atoms with Gasteiger partial charge in [0, 0.05) is 0 Å². The summed E-state index contributed by atoms with van der Waals surface area (Å²) in [4.78, 5) is 0.